The number of ether oxygens (including phenoxy) is 1. The third-order valence-corrected chi connectivity index (χ3v) is 5.46. The van der Waals surface area contributed by atoms with Gasteiger partial charge in [-0.25, -0.2) is 4.98 Å². The minimum Gasteiger partial charge on any atom is -0.504 e. The van der Waals surface area contributed by atoms with E-state index >= 15 is 0 Å². The van der Waals surface area contributed by atoms with E-state index < -0.39 is 0 Å². The van der Waals surface area contributed by atoms with Crippen LogP contribution < -0.4 is 4.74 Å². The van der Waals surface area contributed by atoms with Crippen molar-refractivity contribution in [1.29, 1.82) is 0 Å². The smallest absolute Gasteiger partial charge is 0.165 e. The van der Waals surface area contributed by atoms with Crippen LogP contribution in [-0.4, -0.2) is 28.1 Å². The molecule has 0 unspecified atom stereocenters. The first kappa shape index (κ1) is 17.3. The maximum Gasteiger partial charge on any atom is 0.165 e. The van der Waals surface area contributed by atoms with E-state index in [2.05, 4.69) is 21.3 Å². The first-order chi connectivity index (χ1) is 12.6. The molecule has 6 heteroatoms. The number of aromatic hydroxyl groups is 1. The SMILES string of the molecule is Cc1nc(CN2CCOc3c(O)cc(-c4cccc(Cl)c4)cc3C2)cs1. The van der Waals surface area contributed by atoms with Crippen LogP contribution in [0.5, 0.6) is 11.5 Å². The summed E-state index contributed by atoms with van der Waals surface area (Å²) in [7, 11) is 0. The number of nitrogens with zero attached hydrogens (tertiary/aromatic N) is 2. The summed E-state index contributed by atoms with van der Waals surface area (Å²) in [5.41, 5.74) is 3.95. The molecule has 0 fully saturated rings. The average Bonchev–Trinajstić information content (AvgIpc) is 2.89. The minimum absolute atomic E-state index is 0.170. The fourth-order valence-corrected chi connectivity index (χ4v) is 4.03. The first-order valence-electron chi connectivity index (χ1n) is 8.46. The number of thiazole rings is 1. The van der Waals surface area contributed by atoms with Crippen LogP contribution in [0, 0.1) is 6.92 Å². The van der Waals surface area contributed by atoms with Crippen LogP contribution in [0.1, 0.15) is 16.3 Å². The van der Waals surface area contributed by atoms with Gasteiger partial charge in [0.15, 0.2) is 11.5 Å². The van der Waals surface area contributed by atoms with Gasteiger partial charge in [-0.3, -0.25) is 4.90 Å². The van der Waals surface area contributed by atoms with E-state index in [0.717, 1.165) is 40.5 Å². The zero-order valence-electron chi connectivity index (χ0n) is 14.4. The summed E-state index contributed by atoms with van der Waals surface area (Å²) in [4.78, 5) is 6.85. The Hall–Kier alpha value is -2.08. The molecule has 0 spiro atoms. The Labute approximate surface area is 161 Å². The number of phenolic OH excluding ortho intramolecular Hbond substituents is 1. The highest BCUT2D eigenvalue weighted by atomic mass is 35.5. The zero-order chi connectivity index (χ0) is 18.1. The topological polar surface area (TPSA) is 45.6 Å². The van der Waals surface area contributed by atoms with Crippen molar-refractivity contribution in [3.8, 4) is 22.6 Å². The number of phenols is 1. The van der Waals surface area contributed by atoms with Gasteiger partial charge in [0.25, 0.3) is 0 Å². The fraction of sp³-hybridized carbons (Fsp3) is 0.250. The van der Waals surface area contributed by atoms with Gasteiger partial charge < -0.3 is 9.84 Å². The number of fused-ring (bicyclic) bond motifs is 1. The molecule has 0 saturated heterocycles. The Morgan fingerprint density at radius 1 is 1.27 bits per heavy atom. The second-order valence-corrected chi connectivity index (χ2v) is 7.91. The van der Waals surface area contributed by atoms with Gasteiger partial charge in [-0.15, -0.1) is 11.3 Å². The lowest BCUT2D eigenvalue weighted by Crippen LogP contribution is -2.25. The molecule has 2 aromatic carbocycles. The highest BCUT2D eigenvalue weighted by molar-refractivity contribution is 7.09. The summed E-state index contributed by atoms with van der Waals surface area (Å²) in [6.45, 7) is 4.82. The van der Waals surface area contributed by atoms with Crippen molar-refractivity contribution in [1.82, 2.24) is 9.88 Å². The standard InChI is InChI=1S/C20H19ClN2O2S/c1-13-22-18(12-26-13)11-23-5-6-25-20-16(10-23)7-15(9-19(20)24)14-3-2-4-17(21)8-14/h2-4,7-9,12,24H,5-6,10-11H2,1H3. The van der Waals surface area contributed by atoms with Crippen LogP contribution in [0.4, 0.5) is 0 Å². The van der Waals surface area contributed by atoms with Crippen molar-refractivity contribution in [3.63, 3.8) is 0 Å². The van der Waals surface area contributed by atoms with E-state index in [9.17, 15) is 5.11 Å². The quantitative estimate of drug-likeness (QED) is 0.697. The molecule has 0 bridgehead atoms. The number of rotatable bonds is 3. The average molecular weight is 387 g/mol. The predicted octanol–water partition coefficient (Wildman–Crippen LogP) is 4.87. The number of aryl methyl sites for hydroxylation is 1. The van der Waals surface area contributed by atoms with Crippen molar-refractivity contribution < 1.29 is 9.84 Å². The molecule has 2 heterocycles. The maximum atomic E-state index is 10.5. The monoisotopic (exact) mass is 386 g/mol. The molecule has 0 amide bonds. The van der Waals surface area contributed by atoms with Crippen molar-refractivity contribution in [2.24, 2.45) is 0 Å². The lowest BCUT2D eigenvalue weighted by molar-refractivity contribution is 0.215. The maximum absolute atomic E-state index is 10.5. The molecule has 3 aromatic rings. The van der Waals surface area contributed by atoms with Crippen LogP contribution in [0.3, 0.4) is 0 Å². The van der Waals surface area contributed by atoms with Gasteiger partial charge in [0.05, 0.1) is 10.7 Å². The molecule has 1 aliphatic rings. The molecule has 134 valence electrons. The summed E-state index contributed by atoms with van der Waals surface area (Å²) in [6, 6.07) is 11.5. The van der Waals surface area contributed by atoms with Gasteiger partial charge in [-0.1, -0.05) is 23.7 Å². The Kier molecular flexibility index (Phi) is 4.85. The van der Waals surface area contributed by atoms with Gasteiger partial charge in [0.2, 0.25) is 0 Å². The molecule has 1 aliphatic heterocycles. The van der Waals surface area contributed by atoms with Crippen LogP contribution in [0.2, 0.25) is 5.02 Å². The summed E-state index contributed by atoms with van der Waals surface area (Å²) in [5.74, 6) is 0.747. The molecular formula is C20H19ClN2O2S. The molecule has 0 atom stereocenters. The van der Waals surface area contributed by atoms with E-state index in [4.69, 9.17) is 16.3 Å². The van der Waals surface area contributed by atoms with Crippen LogP contribution in [0.15, 0.2) is 41.8 Å². The Morgan fingerprint density at radius 3 is 2.92 bits per heavy atom. The molecule has 0 saturated carbocycles. The number of hydrogen-bond donors (Lipinski definition) is 1. The number of hydrogen-bond acceptors (Lipinski definition) is 5. The van der Waals surface area contributed by atoms with Crippen LogP contribution in [0.25, 0.3) is 11.1 Å². The predicted molar refractivity (Wildman–Crippen MR) is 105 cm³/mol. The van der Waals surface area contributed by atoms with E-state index in [1.165, 1.54) is 0 Å². The third-order valence-electron chi connectivity index (χ3n) is 4.40. The normalized spacial score (nSPS) is 14.5. The second kappa shape index (κ2) is 7.27. The molecule has 1 aromatic heterocycles. The minimum atomic E-state index is 0.170. The lowest BCUT2D eigenvalue weighted by atomic mass is 10.0. The molecule has 0 radical (unpaired) electrons. The molecule has 1 N–H and O–H groups in total. The molecule has 26 heavy (non-hydrogen) atoms. The molecular weight excluding hydrogens is 368 g/mol. The van der Waals surface area contributed by atoms with Gasteiger partial charge in [-0.05, 0) is 42.3 Å². The lowest BCUT2D eigenvalue weighted by Gasteiger charge is -2.18. The van der Waals surface area contributed by atoms with Crippen molar-refractivity contribution >= 4 is 22.9 Å². The highest BCUT2D eigenvalue weighted by Crippen LogP contribution is 2.38. The van der Waals surface area contributed by atoms with E-state index in [1.54, 1.807) is 17.4 Å². The second-order valence-electron chi connectivity index (χ2n) is 6.41. The van der Waals surface area contributed by atoms with Crippen LogP contribution >= 0.6 is 22.9 Å². The summed E-state index contributed by atoms with van der Waals surface area (Å²) in [5, 5.41) is 14.3. The van der Waals surface area contributed by atoms with Crippen molar-refractivity contribution in [3.05, 3.63) is 63.1 Å². The van der Waals surface area contributed by atoms with Gasteiger partial charge in [-0.2, -0.15) is 0 Å². The number of halogens is 1. The largest absolute Gasteiger partial charge is 0.504 e. The zero-order valence-corrected chi connectivity index (χ0v) is 16.0. The van der Waals surface area contributed by atoms with Gasteiger partial charge >= 0.3 is 0 Å². The van der Waals surface area contributed by atoms with Crippen LogP contribution in [-0.2, 0) is 13.1 Å². The highest BCUT2D eigenvalue weighted by Gasteiger charge is 2.20. The summed E-state index contributed by atoms with van der Waals surface area (Å²) in [6.07, 6.45) is 0. The Balaban J connectivity index is 1.65. The molecule has 4 nitrogen and oxygen atoms in total. The molecule has 4 rings (SSSR count). The Morgan fingerprint density at radius 2 is 2.15 bits per heavy atom. The van der Waals surface area contributed by atoms with Gasteiger partial charge in [0.1, 0.15) is 6.61 Å². The number of aromatic nitrogens is 1. The first-order valence-corrected chi connectivity index (χ1v) is 9.72. The van der Waals surface area contributed by atoms with Crippen molar-refractivity contribution in [2.45, 2.75) is 20.0 Å². The van der Waals surface area contributed by atoms with E-state index in [-0.39, 0.29) is 5.75 Å². The number of benzene rings is 2. The van der Waals surface area contributed by atoms with Gasteiger partial charge in [0, 0.05) is 35.6 Å². The Bertz CT molecular complexity index is 941. The molecule has 0 aliphatic carbocycles. The third kappa shape index (κ3) is 3.70. The van der Waals surface area contributed by atoms with Crippen molar-refractivity contribution in [2.75, 3.05) is 13.2 Å². The van der Waals surface area contributed by atoms with E-state index in [0.29, 0.717) is 23.9 Å². The summed E-state index contributed by atoms with van der Waals surface area (Å²) < 4.78 is 5.83. The van der Waals surface area contributed by atoms with E-state index in [1.807, 2.05) is 31.2 Å². The summed E-state index contributed by atoms with van der Waals surface area (Å²) >= 11 is 7.78. The fourth-order valence-electron chi connectivity index (χ4n) is 3.23.